The van der Waals surface area contributed by atoms with Gasteiger partial charge >= 0.3 is 5.97 Å². The normalized spacial score (nSPS) is 10.9. The second-order valence-electron chi connectivity index (χ2n) is 6.76. The van der Waals surface area contributed by atoms with Crippen LogP contribution in [0.1, 0.15) is 39.4 Å². The molecule has 0 saturated carbocycles. The highest BCUT2D eigenvalue weighted by atomic mass is 127. The van der Waals surface area contributed by atoms with E-state index in [-0.39, 0.29) is 24.0 Å². The highest BCUT2D eigenvalue weighted by Gasteiger charge is 2.15. The summed E-state index contributed by atoms with van der Waals surface area (Å²) in [5.74, 6) is 2.18. The molecule has 9 heteroatoms. The first-order chi connectivity index (χ1) is 14.5. The molecule has 0 fully saturated rings. The molecular weight excluding hydrogens is 513 g/mol. The van der Waals surface area contributed by atoms with E-state index < -0.39 is 5.97 Å². The number of halogens is 1. The van der Waals surface area contributed by atoms with E-state index in [4.69, 9.17) is 18.6 Å². The van der Waals surface area contributed by atoms with Crippen molar-refractivity contribution in [1.82, 2.24) is 10.6 Å². The Balaban J connectivity index is 0.00000480. The summed E-state index contributed by atoms with van der Waals surface area (Å²) in [6, 6.07) is 7.79. The SMILES string of the molecule is CN=C(NCc1cc(C(=O)OC)c(C)o1)NCc1ccc(C)cc1OCCCOC.I. The summed E-state index contributed by atoms with van der Waals surface area (Å²) < 4.78 is 21.4. The van der Waals surface area contributed by atoms with E-state index in [0.717, 1.165) is 23.3 Å². The van der Waals surface area contributed by atoms with E-state index in [9.17, 15) is 4.79 Å². The molecule has 0 atom stereocenters. The summed E-state index contributed by atoms with van der Waals surface area (Å²) in [5.41, 5.74) is 2.59. The van der Waals surface area contributed by atoms with E-state index in [1.165, 1.54) is 7.11 Å². The lowest BCUT2D eigenvalue weighted by Gasteiger charge is -2.15. The molecule has 1 aromatic heterocycles. The summed E-state index contributed by atoms with van der Waals surface area (Å²) >= 11 is 0. The molecule has 2 rings (SSSR count). The fourth-order valence-corrected chi connectivity index (χ4v) is 2.84. The average Bonchev–Trinajstić information content (AvgIpc) is 3.12. The van der Waals surface area contributed by atoms with Crippen LogP contribution in [0.25, 0.3) is 0 Å². The number of nitrogens with one attached hydrogen (secondary N) is 2. The fraction of sp³-hybridized carbons (Fsp3) is 0.455. The fourth-order valence-electron chi connectivity index (χ4n) is 2.84. The van der Waals surface area contributed by atoms with E-state index in [1.807, 2.05) is 19.1 Å². The van der Waals surface area contributed by atoms with E-state index in [0.29, 0.717) is 49.3 Å². The molecule has 31 heavy (non-hydrogen) atoms. The number of ether oxygens (including phenoxy) is 3. The Bertz CT molecular complexity index is 867. The topological polar surface area (TPSA) is 94.3 Å². The van der Waals surface area contributed by atoms with Crippen LogP contribution >= 0.6 is 24.0 Å². The third-order valence-corrected chi connectivity index (χ3v) is 4.45. The maximum atomic E-state index is 11.7. The van der Waals surface area contributed by atoms with Crippen LogP contribution in [0.2, 0.25) is 0 Å². The lowest BCUT2D eigenvalue weighted by atomic mass is 10.1. The van der Waals surface area contributed by atoms with Crippen molar-refractivity contribution in [2.24, 2.45) is 4.99 Å². The van der Waals surface area contributed by atoms with E-state index >= 15 is 0 Å². The molecule has 0 bridgehead atoms. The third kappa shape index (κ3) is 8.41. The largest absolute Gasteiger partial charge is 0.493 e. The van der Waals surface area contributed by atoms with Gasteiger partial charge in [0.1, 0.15) is 22.8 Å². The maximum Gasteiger partial charge on any atom is 0.341 e. The standard InChI is InChI=1S/C22H31N3O5.HI/c1-15-7-8-17(20(11-15)29-10-6-9-27-4)13-24-22(23-3)25-14-18-12-19(16(2)30-18)21(26)28-5;/h7-8,11-12H,6,9-10,13-14H2,1-5H3,(H2,23,24,25);1H. The Morgan fingerprint density at radius 1 is 1.10 bits per heavy atom. The predicted octanol–water partition coefficient (Wildman–Crippen LogP) is 3.58. The highest BCUT2D eigenvalue weighted by Crippen LogP contribution is 2.20. The van der Waals surface area contributed by atoms with Gasteiger partial charge in [0.15, 0.2) is 5.96 Å². The smallest absolute Gasteiger partial charge is 0.341 e. The second kappa shape index (κ2) is 13.9. The maximum absolute atomic E-state index is 11.7. The van der Waals surface area contributed by atoms with Gasteiger partial charge in [-0.25, -0.2) is 4.79 Å². The van der Waals surface area contributed by atoms with Crippen molar-refractivity contribution in [3.05, 3.63) is 52.5 Å². The summed E-state index contributed by atoms with van der Waals surface area (Å²) in [4.78, 5) is 15.9. The number of esters is 1. The Hall–Kier alpha value is -2.27. The number of aryl methyl sites for hydroxylation is 2. The van der Waals surface area contributed by atoms with E-state index in [2.05, 4.69) is 21.7 Å². The molecule has 1 aromatic carbocycles. The molecule has 0 aliphatic carbocycles. The lowest BCUT2D eigenvalue weighted by molar-refractivity contribution is 0.0599. The van der Waals surface area contributed by atoms with Crippen molar-refractivity contribution in [2.45, 2.75) is 33.4 Å². The van der Waals surface area contributed by atoms with Gasteiger partial charge in [0, 0.05) is 39.3 Å². The molecule has 0 spiro atoms. The van der Waals surface area contributed by atoms with Crippen molar-refractivity contribution in [1.29, 1.82) is 0 Å². The zero-order valence-corrected chi connectivity index (χ0v) is 21.1. The minimum Gasteiger partial charge on any atom is -0.493 e. The third-order valence-electron chi connectivity index (χ3n) is 4.45. The number of hydrogen-bond acceptors (Lipinski definition) is 6. The molecule has 2 aromatic rings. The van der Waals surface area contributed by atoms with Gasteiger partial charge in [-0.2, -0.15) is 0 Å². The van der Waals surface area contributed by atoms with Crippen molar-refractivity contribution in [3.8, 4) is 5.75 Å². The number of carbonyl (C=O) groups excluding carboxylic acids is 1. The zero-order chi connectivity index (χ0) is 21.9. The number of benzene rings is 1. The second-order valence-corrected chi connectivity index (χ2v) is 6.76. The van der Waals surface area contributed by atoms with Crippen LogP contribution in [0.5, 0.6) is 5.75 Å². The molecule has 8 nitrogen and oxygen atoms in total. The Morgan fingerprint density at radius 2 is 1.84 bits per heavy atom. The molecule has 0 aliphatic rings. The van der Waals surface area contributed by atoms with Gasteiger partial charge in [0.25, 0.3) is 0 Å². The van der Waals surface area contributed by atoms with Crippen LogP contribution in [0, 0.1) is 13.8 Å². The number of guanidine groups is 1. The van der Waals surface area contributed by atoms with Crippen LogP contribution in [0.3, 0.4) is 0 Å². The summed E-state index contributed by atoms with van der Waals surface area (Å²) in [5, 5.41) is 6.45. The Morgan fingerprint density at radius 3 is 2.52 bits per heavy atom. The minimum absolute atomic E-state index is 0. The van der Waals surface area contributed by atoms with Crippen LogP contribution in [0.15, 0.2) is 33.7 Å². The molecular formula is C22H32IN3O5. The first-order valence-electron chi connectivity index (χ1n) is 9.81. The number of rotatable bonds is 10. The van der Waals surface area contributed by atoms with Gasteiger partial charge in [-0.1, -0.05) is 12.1 Å². The monoisotopic (exact) mass is 545 g/mol. The summed E-state index contributed by atoms with van der Waals surface area (Å²) in [7, 11) is 4.72. The molecule has 1 heterocycles. The van der Waals surface area contributed by atoms with Crippen LogP contribution in [-0.4, -0.2) is 46.4 Å². The number of carbonyl (C=O) groups is 1. The minimum atomic E-state index is -0.414. The molecule has 2 N–H and O–H groups in total. The van der Waals surface area contributed by atoms with E-state index in [1.54, 1.807) is 27.1 Å². The summed E-state index contributed by atoms with van der Waals surface area (Å²) in [6.45, 7) is 5.95. The number of aliphatic imine (C=N–C) groups is 1. The molecule has 0 unspecified atom stereocenters. The molecule has 0 amide bonds. The molecule has 172 valence electrons. The summed E-state index contributed by atoms with van der Waals surface area (Å²) in [6.07, 6.45) is 0.830. The van der Waals surface area contributed by atoms with Crippen LogP contribution in [0.4, 0.5) is 0 Å². The van der Waals surface area contributed by atoms with Crippen LogP contribution in [-0.2, 0) is 22.6 Å². The molecule has 0 aliphatic heterocycles. The van der Waals surface area contributed by atoms with Gasteiger partial charge in [-0.15, -0.1) is 24.0 Å². The van der Waals surface area contributed by atoms with Gasteiger partial charge in [-0.3, -0.25) is 4.99 Å². The first-order valence-corrected chi connectivity index (χ1v) is 9.81. The Kier molecular flexibility index (Phi) is 12.0. The van der Waals surface area contributed by atoms with Crippen molar-refractivity contribution >= 4 is 35.9 Å². The molecule has 0 saturated heterocycles. The average molecular weight is 545 g/mol. The van der Waals surface area contributed by atoms with Gasteiger partial charge in [0.2, 0.25) is 0 Å². The lowest BCUT2D eigenvalue weighted by Crippen LogP contribution is -2.36. The van der Waals surface area contributed by atoms with Crippen molar-refractivity contribution in [2.75, 3.05) is 34.5 Å². The van der Waals surface area contributed by atoms with Gasteiger partial charge < -0.3 is 29.3 Å². The predicted molar refractivity (Wildman–Crippen MR) is 130 cm³/mol. The number of hydrogen-bond donors (Lipinski definition) is 2. The van der Waals surface area contributed by atoms with Gasteiger partial charge in [-0.05, 0) is 31.5 Å². The quantitative estimate of drug-likeness (QED) is 0.155. The number of furan rings is 1. The number of nitrogens with zero attached hydrogens (tertiary/aromatic N) is 1. The van der Waals surface area contributed by atoms with Gasteiger partial charge in [0.05, 0.1) is 20.3 Å². The zero-order valence-electron chi connectivity index (χ0n) is 18.7. The first kappa shape index (κ1) is 26.8. The van der Waals surface area contributed by atoms with Crippen molar-refractivity contribution in [3.63, 3.8) is 0 Å². The molecule has 0 radical (unpaired) electrons. The highest BCUT2D eigenvalue weighted by molar-refractivity contribution is 14.0. The Labute approximate surface area is 200 Å². The van der Waals surface area contributed by atoms with Crippen molar-refractivity contribution < 1.29 is 23.4 Å². The van der Waals surface area contributed by atoms with Crippen LogP contribution < -0.4 is 15.4 Å². The number of methoxy groups -OCH3 is 2.